The lowest BCUT2D eigenvalue weighted by molar-refractivity contribution is -0.144. The van der Waals surface area contributed by atoms with E-state index in [-0.39, 0.29) is 24.5 Å². The van der Waals surface area contributed by atoms with Gasteiger partial charge in [0.2, 0.25) is 0 Å². The van der Waals surface area contributed by atoms with Gasteiger partial charge < -0.3 is 4.74 Å². The molecule has 1 heterocycles. The Morgan fingerprint density at radius 3 is 2.46 bits per heavy atom. The number of aromatic nitrogens is 1. The van der Waals surface area contributed by atoms with E-state index >= 15 is 0 Å². The van der Waals surface area contributed by atoms with E-state index in [1.807, 2.05) is 30.3 Å². The van der Waals surface area contributed by atoms with Gasteiger partial charge in [-0.15, -0.1) is 0 Å². The molecule has 128 valence electrons. The first-order valence-corrected chi connectivity index (χ1v) is 8.96. The molecule has 0 bridgehead atoms. The number of carbonyl (C=O) groups excluding carboxylic acids is 1. The third kappa shape index (κ3) is 5.43. The molecule has 1 aromatic heterocycles. The molecule has 0 aliphatic heterocycles. The van der Waals surface area contributed by atoms with E-state index in [1.54, 1.807) is 19.1 Å². The van der Waals surface area contributed by atoms with Gasteiger partial charge in [0.1, 0.15) is 0 Å². The Kier molecular flexibility index (Phi) is 6.45. The van der Waals surface area contributed by atoms with E-state index in [9.17, 15) is 13.2 Å². The topological polar surface area (TPSA) is 82.6 Å². The maximum Gasteiger partial charge on any atom is 0.314 e. The lowest BCUT2D eigenvalue weighted by atomic mass is 10.1. The van der Waals surface area contributed by atoms with Crippen molar-refractivity contribution in [1.29, 1.82) is 0 Å². The van der Waals surface area contributed by atoms with Crippen LogP contribution < -0.4 is 0 Å². The van der Waals surface area contributed by atoms with Gasteiger partial charge in [0.15, 0.2) is 5.03 Å². The van der Waals surface area contributed by atoms with Gasteiger partial charge in [-0.25, -0.2) is 4.98 Å². The minimum atomic E-state index is -4.06. The molecular weight excluding hydrogens is 330 g/mol. The molecule has 0 N–H and O–H groups in total. The minimum Gasteiger partial charge on any atom is -0.466 e. The normalized spacial score (nSPS) is 12.5. The van der Waals surface area contributed by atoms with Crippen molar-refractivity contribution >= 4 is 16.1 Å². The maximum absolute atomic E-state index is 12.3. The van der Waals surface area contributed by atoms with Crippen molar-refractivity contribution in [3.8, 4) is 0 Å². The van der Waals surface area contributed by atoms with Crippen LogP contribution in [0, 0.1) is 0 Å². The van der Waals surface area contributed by atoms with Crippen molar-refractivity contribution in [2.75, 3.05) is 6.61 Å². The second kappa shape index (κ2) is 8.56. The van der Waals surface area contributed by atoms with Crippen molar-refractivity contribution in [2.45, 2.75) is 30.9 Å². The molecule has 2 aromatic rings. The van der Waals surface area contributed by atoms with Gasteiger partial charge in [-0.2, -0.15) is 8.42 Å². The molecule has 0 aliphatic rings. The quantitative estimate of drug-likeness (QED) is 0.537. The molecule has 7 heteroatoms. The van der Waals surface area contributed by atoms with Crippen LogP contribution in [0.15, 0.2) is 59.8 Å². The van der Waals surface area contributed by atoms with Crippen LogP contribution in [-0.2, 0) is 30.3 Å². The van der Waals surface area contributed by atoms with E-state index in [1.165, 1.54) is 12.3 Å². The smallest absolute Gasteiger partial charge is 0.314 e. The monoisotopic (exact) mass is 349 g/mol. The predicted octanol–water partition coefficient (Wildman–Crippen LogP) is 2.35. The molecule has 24 heavy (non-hydrogen) atoms. The Hall–Kier alpha value is -2.25. The van der Waals surface area contributed by atoms with Gasteiger partial charge in [0.05, 0.1) is 19.1 Å². The summed E-state index contributed by atoms with van der Waals surface area (Å²) >= 11 is 0. The summed E-state index contributed by atoms with van der Waals surface area (Å²) in [6, 6.07) is 13.7. The minimum absolute atomic E-state index is 0.158. The summed E-state index contributed by atoms with van der Waals surface area (Å²) in [5.41, 5.74) is 0.864. The van der Waals surface area contributed by atoms with Crippen LogP contribution in [0.3, 0.4) is 0 Å². The summed E-state index contributed by atoms with van der Waals surface area (Å²) in [5, 5.41) is -0.188. The molecule has 0 saturated heterocycles. The fraction of sp³-hybridized carbons (Fsp3) is 0.294. The number of rotatable bonds is 8. The lowest BCUT2D eigenvalue weighted by Crippen LogP contribution is -2.25. The predicted molar refractivity (Wildman–Crippen MR) is 87.7 cm³/mol. The van der Waals surface area contributed by atoms with Gasteiger partial charge in [-0.05, 0) is 24.6 Å². The van der Waals surface area contributed by atoms with Crippen LogP contribution in [0.5, 0.6) is 0 Å². The van der Waals surface area contributed by atoms with Gasteiger partial charge in [-0.1, -0.05) is 36.4 Å². The molecule has 0 radical (unpaired) electrons. The number of benzene rings is 1. The first kappa shape index (κ1) is 18.1. The lowest BCUT2D eigenvalue weighted by Gasteiger charge is -2.16. The van der Waals surface area contributed by atoms with Gasteiger partial charge in [0, 0.05) is 12.6 Å². The second-order valence-corrected chi connectivity index (χ2v) is 6.56. The molecule has 0 fully saturated rings. The maximum atomic E-state index is 12.3. The van der Waals surface area contributed by atoms with Crippen LogP contribution in [0.4, 0.5) is 0 Å². The van der Waals surface area contributed by atoms with Crippen molar-refractivity contribution in [1.82, 2.24) is 4.98 Å². The summed E-state index contributed by atoms with van der Waals surface area (Å²) in [7, 11) is -4.06. The van der Waals surface area contributed by atoms with Gasteiger partial charge in [-0.3, -0.25) is 8.98 Å². The van der Waals surface area contributed by atoms with Crippen molar-refractivity contribution in [3.05, 3.63) is 60.3 Å². The molecule has 2 rings (SSSR count). The first-order chi connectivity index (χ1) is 11.5. The van der Waals surface area contributed by atoms with E-state index in [0.717, 1.165) is 5.56 Å². The molecule has 0 aliphatic carbocycles. The van der Waals surface area contributed by atoms with Crippen molar-refractivity contribution in [3.63, 3.8) is 0 Å². The number of hydrogen-bond acceptors (Lipinski definition) is 6. The Labute approximate surface area is 141 Å². The molecule has 0 saturated carbocycles. The SMILES string of the molecule is CCOC(=O)CC(Cc1ccccc1)OS(=O)(=O)c1ccccn1. The highest BCUT2D eigenvalue weighted by Gasteiger charge is 2.25. The number of nitrogens with zero attached hydrogens (tertiary/aromatic N) is 1. The Morgan fingerprint density at radius 1 is 1.12 bits per heavy atom. The molecule has 1 unspecified atom stereocenters. The Morgan fingerprint density at radius 2 is 1.83 bits per heavy atom. The summed E-state index contributed by atoms with van der Waals surface area (Å²) < 4.78 is 34.8. The van der Waals surface area contributed by atoms with Crippen molar-refractivity contribution in [2.24, 2.45) is 0 Å². The summed E-state index contributed by atoms with van der Waals surface area (Å²) in [5.74, 6) is -0.505. The average molecular weight is 349 g/mol. The summed E-state index contributed by atoms with van der Waals surface area (Å²) in [4.78, 5) is 15.6. The molecular formula is C17H19NO5S. The highest BCUT2D eigenvalue weighted by molar-refractivity contribution is 7.86. The van der Waals surface area contributed by atoms with Gasteiger partial charge in [0.25, 0.3) is 0 Å². The zero-order chi connectivity index (χ0) is 17.4. The van der Waals surface area contributed by atoms with E-state index in [2.05, 4.69) is 4.98 Å². The number of hydrogen-bond donors (Lipinski definition) is 0. The highest BCUT2D eigenvalue weighted by Crippen LogP contribution is 2.17. The molecule has 0 amide bonds. The molecule has 1 aromatic carbocycles. The van der Waals surface area contributed by atoms with Crippen LogP contribution in [0.1, 0.15) is 18.9 Å². The highest BCUT2D eigenvalue weighted by atomic mass is 32.2. The van der Waals surface area contributed by atoms with E-state index in [0.29, 0.717) is 0 Å². The Balaban J connectivity index is 2.17. The molecule has 0 spiro atoms. The Bertz CT molecular complexity index is 747. The van der Waals surface area contributed by atoms with E-state index < -0.39 is 22.2 Å². The molecule has 1 atom stereocenters. The summed E-state index contributed by atoms with van der Waals surface area (Å²) in [6.45, 7) is 1.92. The fourth-order valence-corrected chi connectivity index (χ4v) is 3.17. The fourth-order valence-electron chi connectivity index (χ4n) is 2.15. The zero-order valence-corrected chi connectivity index (χ0v) is 14.1. The number of ether oxygens (including phenoxy) is 1. The van der Waals surface area contributed by atoms with E-state index in [4.69, 9.17) is 8.92 Å². The standard InChI is InChI=1S/C17H19NO5S/c1-2-22-17(19)13-15(12-14-8-4-3-5-9-14)23-24(20,21)16-10-6-7-11-18-16/h3-11,15H,2,12-13H2,1H3. The van der Waals surface area contributed by atoms with Crippen molar-refractivity contribution < 1.29 is 22.1 Å². The average Bonchev–Trinajstić information content (AvgIpc) is 2.56. The second-order valence-electron chi connectivity index (χ2n) is 5.04. The number of carbonyl (C=O) groups is 1. The third-order valence-electron chi connectivity index (χ3n) is 3.16. The number of esters is 1. The zero-order valence-electron chi connectivity index (χ0n) is 13.3. The summed E-state index contributed by atoms with van der Waals surface area (Å²) in [6.07, 6.45) is 0.618. The van der Waals surface area contributed by atoms with Crippen LogP contribution in [0.2, 0.25) is 0 Å². The third-order valence-corrected chi connectivity index (χ3v) is 4.44. The number of pyridine rings is 1. The van der Waals surface area contributed by atoms with Crippen LogP contribution in [0.25, 0.3) is 0 Å². The van der Waals surface area contributed by atoms with Crippen LogP contribution >= 0.6 is 0 Å². The largest absolute Gasteiger partial charge is 0.466 e. The molecule has 6 nitrogen and oxygen atoms in total. The first-order valence-electron chi connectivity index (χ1n) is 7.55. The van der Waals surface area contributed by atoms with Crippen LogP contribution in [-0.4, -0.2) is 32.1 Å². The van der Waals surface area contributed by atoms with Gasteiger partial charge >= 0.3 is 16.1 Å².